The molecular weight excluding hydrogens is 517 g/mol. The molecule has 0 spiro atoms. The van der Waals surface area contributed by atoms with E-state index in [1.165, 1.54) is 89.9 Å². The molecule has 0 aliphatic carbocycles. The molecule has 0 bridgehead atoms. The van der Waals surface area contributed by atoms with Gasteiger partial charge in [-0.15, -0.1) is 0 Å². The molecule has 0 aromatic rings. The summed E-state index contributed by atoms with van der Waals surface area (Å²) in [5, 5.41) is 18.3. The number of aliphatic hydroxyl groups excluding tert-OH is 2. The van der Waals surface area contributed by atoms with Crippen molar-refractivity contribution in [1.82, 2.24) is 0 Å². The SMILES string of the molecule is CCCCCCCCCCCCCCCCCCCC(=C=C=O)C(C[N+](C)(C)C)OP(=O)(O)OC[C@H](O)CO. The molecule has 0 aliphatic rings. The average Bonchev–Trinajstić information content (AvgIpc) is 2.87. The maximum Gasteiger partial charge on any atom is 0.473 e. The van der Waals surface area contributed by atoms with Crippen LogP contribution < -0.4 is 0 Å². The van der Waals surface area contributed by atoms with E-state index in [0.717, 1.165) is 19.3 Å². The molecule has 230 valence electrons. The van der Waals surface area contributed by atoms with Crippen molar-refractivity contribution in [3.05, 3.63) is 11.3 Å². The third kappa shape index (κ3) is 24.7. The second-order valence-electron chi connectivity index (χ2n) is 11.8. The molecule has 0 aliphatic heterocycles. The highest BCUT2D eigenvalue weighted by Gasteiger charge is 2.33. The van der Waals surface area contributed by atoms with Crippen molar-refractivity contribution in [2.45, 2.75) is 135 Å². The molecule has 8 nitrogen and oxygen atoms in total. The highest BCUT2D eigenvalue weighted by molar-refractivity contribution is 7.47. The molecule has 0 rings (SSSR count). The van der Waals surface area contributed by atoms with Crippen molar-refractivity contribution in [2.24, 2.45) is 0 Å². The van der Waals surface area contributed by atoms with Gasteiger partial charge in [-0.1, -0.05) is 110 Å². The highest BCUT2D eigenvalue weighted by Crippen LogP contribution is 2.46. The van der Waals surface area contributed by atoms with E-state index >= 15 is 0 Å². The van der Waals surface area contributed by atoms with Crippen LogP contribution in [0.15, 0.2) is 11.3 Å². The van der Waals surface area contributed by atoms with Crippen LogP contribution >= 0.6 is 7.82 Å². The summed E-state index contributed by atoms with van der Waals surface area (Å²) in [5.41, 5.74) is 3.04. The van der Waals surface area contributed by atoms with Crippen molar-refractivity contribution in [1.29, 1.82) is 0 Å². The van der Waals surface area contributed by atoms with Crippen molar-refractivity contribution in [3.63, 3.8) is 0 Å². The second-order valence-corrected chi connectivity index (χ2v) is 13.2. The van der Waals surface area contributed by atoms with Gasteiger partial charge in [-0.3, -0.25) is 9.05 Å². The Hall–Kier alpha value is -0.780. The van der Waals surface area contributed by atoms with Crippen LogP contribution in [0.2, 0.25) is 0 Å². The first-order chi connectivity index (χ1) is 18.5. The molecular formula is C30H59NO7P+. The molecule has 0 fully saturated rings. The zero-order valence-electron chi connectivity index (χ0n) is 25.4. The summed E-state index contributed by atoms with van der Waals surface area (Å²) in [6.45, 7) is 1.45. The predicted molar refractivity (Wildman–Crippen MR) is 158 cm³/mol. The van der Waals surface area contributed by atoms with Gasteiger partial charge in [0.15, 0.2) is 5.94 Å². The Morgan fingerprint density at radius 1 is 0.821 bits per heavy atom. The number of phosphoric acid groups is 1. The lowest BCUT2D eigenvalue weighted by Crippen LogP contribution is -2.43. The van der Waals surface area contributed by atoms with E-state index in [2.05, 4.69) is 12.7 Å². The molecule has 0 radical (unpaired) electrons. The number of aliphatic hydroxyl groups is 2. The molecule has 39 heavy (non-hydrogen) atoms. The Bertz CT molecular complexity index is 727. The van der Waals surface area contributed by atoms with E-state index in [1.807, 2.05) is 21.1 Å². The number of quaternary nitrogens is 1. The average molecular weight is 577 g/mol. The van der Waals surface area contributed by atoms with Gasteiger partial charge in [0.05, 0.1) is 34.4 Å². The molecule has 3 N–H and O–H groups in total. The maximum absolute atomic E-state index is 12.4. The number of hydrogen-bond acceptors (Lipinski definition) is 6. The fourth-order valence-electron chi connectivity index (χ4n) is 4.54. The largest absolute Gasteiger partial charge is 0.473 e. The Morgan fingerprint density at radius 3 is 1.64 bits per heavy atom. The van der Waals surface area contributed by atoms with Gasteiger partial charge in [-0.2, -0.15) is 0 Å². The minimum atomic E-state index is -4.53. The van der Waals surface area contributed by atoms with E-state index in [1.54, 1.807) is 5.94 Å². The minimum absolute atomic E-state index is 0.319. The Labute approximate surface area is 238 Å². The Morgan fingerprint density at radius 2 is 1.26 bits per heavy atom. The number of nitrogens with zero attached hydrogens (tertiary/aromatic N) is 1. The van der Waals surface area contributed by atoms with Crippen molar-refractivity contribution < 1.29 is 38.0 Å². The van der Waals surface area contributed by atoms with Crippen molar-refractivity contribution >= 4 is 13.8 Å². The van der Waals surface area contributed by atoms with Gasteiger partial charge in [0.1, 0.15) is 18.8 Å². The van der Waals surface area contributed by atoms with E-state index in [-0.39, 0.29) is 0 Å². The summed E-state index contributed by atoms with van der Waals surface area (Å²) < 4.78 is 23.1. The first-order valence-electron chi connectivity index (χ1n) is 15.3. The Balaban J connectivity index is 4.27. The zero-order valence-corrected chi connectivity index (χ0v) is 26.3. The number of rotatable bonds is 27. The lowest BCUT2D eigenvalue weighted by molar-refractivity contribution is -0.872. The molecule has 2 unspecified atom stereocenters. The van der Waals surface area contributed by atoms with Gasteiger partial charge < -0.3 is 19.6 Å². The summed E-state index contributed by atoms with van der Waals surface area (Å²) >= 11 is 0. The van der Waals surface area contributed by atoms with Gasteiger partial charge in [0.2, 0.25) is 0 Å². The van der Waals surface area contributed by atoms with Crippen molar-refractivity contribution in [2.75, 3.05) is 40.9 Å². The van der Waals surface area contributed by atoms with E-state index < -0.39 is 33.2 Å². The third-order valence-corrected chi connectivity index (χ3v) is 7.76. The van der Waals surface area contributed by atoms with E-state index in [9.17, 15) is 19.4 Å². The lowest BCUT2D eigenvalue weighted by atomic mass is 10.0. The van der Waals surface area contributed by atoms with Crippen LogP contribution in [0.25, 0.3) is 0 Å². The van der Waals surface area contributed by atoms with E-state index in [4.69, 9.17) is 14.2 Å². The fourth-order valence-corrected chi connectivity index (χ4v) is 5.48. The summed E-state index contributed by atoms with van der Waals surface area (Å²) in [6, 6.07) is 0. The molecule has 9 heteroatoms. The van der Waals surface area contributed by atoms with Crippen LogP contribution in [-0.4, -0.2) is 78.6 Å². The quantitative estimate of drug-likeness (QED) is 0.0336. The van der Waals surface area contributed by atoms with Crippen LogP contribution in [-0.2, 0) is 18.4 Å². The van der Waals surface area contributed by atoms with Crippen LogP contribution in [0, 0.1) is 0 Å². The highest BCUT2D eigenvalue weighted by atomic mass is 31.2. The summed E-state index contributed by atoms with van der Waals surface area (Å²) in [4.78, 5) is 21.3. The van der Waals surface area contributed by atoms with Crippen LogP contribution in [0.5, 0.6) is 0 Å². The van der Waals surface area contributed by atoms with Crippen LogP contribution in [0.1, 0.15) is 122 Å². The monoisotopic (exact) mass is 576 g/mol. The summed E-state index contributed by atoms with van der Waals surface area (Å²) in [5.74, 6) is 1.68. The fraction of sp³-hybridized carbons (Fsp3) is 0.900. The number of hydrogen-bond donors (Lipinski definition) is 3. The number of phosphoric ester groups is 1. The van der Waals surface area contributed by atoms with Gasteiger partial charge in [-0.05, 0) is 18.6 Å². The van der Waals surface area contributed by atoms with Crippen LogP contribution in [0.3, 0.4) is 0 Å². The van der Waals surface area contributed by atoms with Gasteiger partial charge in [-0.25, -0.2) is 9.36 Å². The summed E-state index contributed by atoms with van der Waals surface area (Å²) in [7, 11) is 1.20. The molecule has 0 saturated heterocycles. The molecule has 3 atom stereocenters. The summed E-state index contributed by atoms with van der Waals surface area (Å²) in [6.07, 6.45) is 20.1. The predicted octanol–water partition coefficient (Wildman–Crippen LogP) is 6.50. The van der Waals surface area contributed by atoms with Gasteiger partial charge in [0, 0.05) is 5.57 Å². The van der Waals surface area contributed by atoms with Gasteiger partial charge in [0.25, 0.3) is 0 Å². The number of unbranched alkanes of at least 4 members (excludes halogenated alkanes) is 16. The molecule has 0 aromatic carbocycles. The topological polar surface area (TPSA) is 113 Å². The maximum atomic E-state index is 12.4. The van der Waals surface area contributed by atoms with E-state index in [0.29, 0.717) is 23.0 Å². The Kier molecular flexibility index (Phi) is 23.4. The molecule has 0 saturated carbocycles. The normalized spacial score (nSPS) is 14.8. The van der Waals surface area contributed by atoms with Crippen molar-refractivity contribution in [3.8, 4) is 0 Å². The smallest absolute Gasteiger partial charge is 0.394 e. The minimum Gasteiger partial charge on any atom is -0.394 e. The molecule has 0 aromatic heterocycles. The molecule has 0 amide bonds. The zero-order chi connectivity index (χ0) is 29.4. The standard InChI is InChI=1S/C30H58NO7P/c1-5-6-7-8-9-10-11-12-13-14-15-16-17-18-19-20-21-22-28(23-24-32)30(25-31(2,3)4)38-39(35,36)37-27-29(34)26-33/h29-30,33-34H,5-22,25-27H2,1-4H3/p+1/t29-,30?/m1/s1. The van der Waals surface area contributed by atoms with Crippen LogP contribution in [0.4, 0.5) is 0 Å². The number of carbonyl (C=O) groups excluding carboxylic acids is 1. The van der Waals surface area contributed by atoms with Gasteiger partial charge >= 0.3 is 7.82 Å². The first kappa shape index (κ1) is 38.2. The lowest BCUT2D eigenvalue weighted by Gasteiger charge is -2.30. The third-order valence-electron chi connectivity index (χ3n) is 6.76. The second kappa shape index (κ2) is 23.9. The molecule has 0 heterocycles. The number of likely N-dealkylation sites (N-methyl/N-ethyl adjacent to an activating group) is 1. The first-order valence-corrected chi connectivity index (χ1v) is 16.8.